The predicted molar refractivity (Wildman–Crippen MR) is 79.8 cm³/mol. The molecule has 0 unspecified atom stereocenters. The maximum Gasteiger partial charge on any atom is 0.223 e. The minimum atomic E-state index is 0. The second kappa shape index (κ2) is 7.55. The van der Waals surface area contributed by atoms with Gasteiger partial charge < -0.3 is 15.2 Å². The van der Waals surface area contributed by atoms with Crippen LogP contribution in [0.2, 0.25) is 0 Å². The van der Waals surface area contributed by atoms with E-state index in [1.165, 1.54) is 25.7 Å². The van der Waals surface area contributed by atoms with Crippen LogP contribution in [0.3, 0.4) is 0 Å². The number of hydrogen-bond donors (Lipinski definition) is 1. The minimum Gasteiger partial charge on any atom is -0.370 e. The molecule has 102 valence electrons. The molecule has 6 nitrogen and oxygen atoms in total. The lowest BCUT2D eigenvalue weighted by Crippen LogP contribution is -2.38. The SMILES string of the molecule is Cc1nc(CN=C(N)N2CCCCCC2)no1.I. The Morgan fingerprint density at radius 1 is 1.33 bits per heavy atom. The molecular weight excluding hydrogens is 345 g/mol. The van der Waals surface area contributed by atoms with E-state index >= 15 is 0 Å². The van der Waals surface area contributed by atoms with Crippen molar-refractivity contribution in [2.45, 2.75) is 39.2 Å². The zero-order chi connectivity index (χ0) is 12.1. The Morgan fingerprint density at radius 3 is 2.56 bits per heavy atom. The lowest BCUT2D eigenvalue weighted by molar-refractivity contribution is 0.387. The molecule has 0 aromatic carbocycles. The molecule has 0 amide bonds. The summed E-state index contributed by atoms with van der Waals surface area (Å²) in [5.41, 5.74) is 5.96. The number of aryl methyl sites for hydroxylation is 1. The van der Waals surface area contributed by atoms with Gasteiger partial charge in [0.15, 0.2) is 11.8 Å². The Morgan fingerprint density at radius 2 is 2.00 bits per heavy atom. The third kappa shape index (κ3) is 4.43. The summed E-state index contributed by atoms with van der Waals surface area (Å²) >= 11 is 0. The summed E-state index contributed by atoms with van der Waals surface area (Å²) in [6.45, 7) is 4.15. The normalized spacial score (nSPS) is 17.2. The first-order valence-corrected chi connectivity index (χ1v) is 6.10. The summed E-state index contributed by atoms with van der Waals surface area (Å²) in [6, 6.07) is 0. The van der Waals surface area contributed by atoms with Gasteiger partial charge in [-0.05, 0) is 12.8 Å². The van der Waals surface area contributed by atoms with E-state index in [2.05, 4.69) is 20.0 Å². The fourth-order valence-corrected chi connectivity index (χ4v) is 1.96. The molecular formula is C11H20IN5O. The van der Waals surface area contributed by atoms with E-state index in [-0.39, 0.29) is 24.0 Å². The minimum absolute atomic E-state index is 0. The van der Waals surface area contributed by atoms with Crippen molar-refractivity contribution in [3.05, 3.63) is 11.7 Å². The summed E-state index contributed by atoms with van der Waals surface area (Å²) in [4.78, 5) is 10.5. The third-order valence-corrected chi connectivity index (χ3v) is 2.88. The summed E-state index contributed by atoms with van der Waals surface area (Å²) in [7, 11) is 0. The highest BCUT2D eigenvalue weighted by atomic mass is 127. The number of nitrogens with two attached hydrogens (primary N) is 1. The molecule has 0 atom stereocenters. The fraction of sp³-hybridized carbons (Fsp3) is 0.727. The summed E-state index contributed by atoms with van der Waals surface area (Å²) in [6.07, 6.45) is 4.96. The van der Waals surface area contributed by atoms with E-state index in [9.17, 15) is 0 Å². The van der Waals surface area contributed by atoms with Gasteiger partial charge in [-0.2, -0.15) is 4.98 Å². The Kier molecular flexibility index (Phi) is 6.37. The molecule has 0 aliphatic carbocycles. The van der Waals surface area contributed by atoms with E-state index < -0.39 is 0 Å². The summed E-state index contributed by atoms with van der Waals surface area (Å²) < 4.78 is 4.88. The highest BCUT2D eigenvalue weighted by Gasteiger charge is 2.11. The van der Waals surface area contributed by atoms with Gasteiger partial charge in [0.2, 0.25) is 5.89 Å². The van der Waals surface area contributed by atoms with Gasteiger partial charge in [0.25, 0.3) is 0 Å². The van der Waals surface area contributed by atoms with Crippen LogP contribution in [-0.2, 0) is 6.54 Å². The van der Waals surface area contributed by atoms with E-state index in [0.717, 1.165) is 13.1 Å². The van der Waals surface area contributed by atoms with E-state index in [4.69, 9.17) is 10.3 Å². The van der Waals surface area contributed by atoms with Crippen molar-refractivity contribution >= 4 is 29.9 Å². The summed E-state index contributed by atoms with van der Waals surface area (Å²) in [5, 5.41) is 3.78. The Labute approximate surface area is 124 Å². The van der Waals surface area contributed by atoms with Crippen molar-refractivity contribution in [3.63, 3.8) is 0 Å². The second-order valence-electron chi connectivity index (χ2n) is 4.31. The summed E-state index contributed by atoms with van der Waals surface area (Å²) in [5.74, 6) is 1.73. The van der Waals surface area contributed by atoms with Crippen molar-refractivity contribution in [3.8, 4) is 0 Å². The molecule has 1 aliphatic heterocycles. The van der Waals surface area contributed by atoms with E-state index in [1.807, 2.05) is 0 Å². The first kappa shape index (κ1) is 15.2. The lowest BCUT2D eigenvalue weighted by atomic mass is 10.2. The maximum atomic E-state index is 5.96. The second-order valence-corrected chi connectivity index (χ2v) is 4.31. The van der Waals surface area contributed by atoms with Crippen molar-refractivity contribution in [2.75, 3.05) is 13.1 Å². The molecule has 0 saturated carbocycles. The molecule has 1 saturated heterocycles. The molecule has 2 heterocycles. The molecule has 0 bridgehead atoms. The van der Waals surface area contributed by atoms with Crippen LogP contribution in [0, 0.1) is 6.92 Å². The van der Waals surface area contributed by atoms with Gasteiger partial charge in [0.1, 0.15) is 6.54 Å². The molecule has 7 heteroatoms. The highest BCUT2D eigenvalue weighted by Crippen LogP contribution is 2.09. The van der Waals surface area contributed by atoms with Gasteiger partial charge in [-0.1, -0.05) is 18.0 Å². The van der Waals surface area contributed by atoms with Crippen LogP contribution in [0.15, 0.2) is 9.52 Å². The molecule has 1 aliphatic rings. The third-order valence-electron chi connectivity index (χ3n) is 2.88. The largest absolute Gasteiger partial charge is 0.370 e. The van der Waals surface area contributed by atoms with E-state index in [0.29, 0.717) is 24.2 Å². The number of likely N-dealkylation sites (tertiary alicyclic amines) is 1. The Balaban J connectivity index is 0.00000162. The standard InChI is InChI=1S/C11H19N5O.HI/c1-9-14-10(15-17-9)8-13-11(12)16-6-4-2-3-5-7-16;/h2-8H2,1H3,(H2,12,13);1H. The quantitative estimate of drug-likeness (QED) is 0.490. The van der Waals surface area contributed by atoms with Crippen molar-refractivity contribution in [2.24, 2.45) is 10.7 Å². The Bertz CT molecular complexity index is 385. The Hall–Kier alpha value is -0.860. The zero-order valence-electron chi connectivity index (χ0n) is 10.6. The van der Waals surface area contributed by atoms with Crippen LogP contribution in [0.4, 0.5) is 0 Å². The molecule has 18 heavy (non-hydrogen) atoms. The van der Waals surface area contributed by atoms with Crippen molar-refractivity contribution in [1.82, 2.24) is 15.0 Å². The molecule has 2 rings (SSSR count). The van der Waals surface area contributed by atoms with Crippen LogP contribution >= 0.6 is 24.0 Å². The molecule has 2 N–H and O–H groups in total. The average Bonchev–Trinajstić information content (AvgIpc) is 2.58. The van der Waals surface area contributed by atoms with Gasteiger partial charge in [-0.3, -0.25) is 0 Å². The molecule has 1 aromatic rings. The van der Waals surface area contributed by atoms with Gasteiger partial charge in [0.05, 0.1) is 0 Å². The number of guanidine groups is 1. The molecule has 0 spiro atoms. The first-order valence-electron chi connectivity index (χ1n) is 6.10. The van der Waals surface area contributed by atoms with Crippen molar-refractivity contribution in [1.29, 1.82) is 0 Å². The topological polar surface area (TPSA) is 80.5 Å². The van der Waals surface area contributed by atoms with Crippen molar-refractivity contribution < 1.29 is 4.52 Å². The number of nitrogens with zero attached hydrogens (tertiary/aromatic N) is 4. The smallest absolute Gasteiger partial charge is 0.223 e. The molecule has 0 radical (unpaired) electrons. The predicted octanol–water partition coefficient (Wildman–Crippen LogP) is 1.69. The number of hydrogen-bond acceptors (Lipinski definition) is 4. The van der Waals surface area contributed by atoms with E-state index in [1.54, 1.807) is 6.92 Å². The zero-order valence-corrected chi connectivity index (χ0v) is 13.0. The lowest BCUT2D eigenvalue weighted by Gasteiger charge is -2.20. The number of aliphatic imine (C=N–C) groups is 1. The monoisotopic (exact) mass is 365 g/mol. The van der Waals surface area contributed by atoms with Gasteiger partial charge in [-0.15, -0.1) is 24.0 Å². The number of rotatable bonds is 2. The van der Waals surface area contributed by atoms with Crippen LogP contribution < -0.4 is 5.73 Å². The highest BCUT2D eigenvalue weighted by molar-refractivity contribution is 14.0. The van der Waals surface area contributed by atoms with Gasteiger partial charge in [0, 0.05) is 20.0 Å². The number of aromatic nitrogens is 2. The first-order chi connectivity index (χ1) is 8.25. The van der Waals surface area contributed by atoms with Crippen LogP contribution in [0.25, 0.3) is 0 Å². The molecule has 1 fully saturated rings. The molecule has 1 aromatic heterocycles. The average molecular weight is 365 g/mol. The van der Waals surface area contributed by atoms with Crippen LogP contribution in [-0.4, -0.2) is 34.1 Å². The van der Waals surface area contributed by atoms with Gasteiger partial charge in [-0.25, -0.2) is 4.99 Å². The van der Waals surface area contributed by atoms with Gasteiger partial charge >= 0.3 is 0 Å². The van der Waals surface area contributed by atoms with Crippen LogP contribution in [0.1, 0.15) is 37.4 Å². The maximum absolute atomic E-state index is 5.96. The fourth-order valence-electron chi connectivity index (χ4n) is 1.96. The number of halogens is 1. The van der Waals surface area contributed by atoms with Crippen LogP contribution in [0.5, 0.6) is 0 Å².